The Labute approximate surface area is 196 Å². The quantitative estimate of drug-likeness (QED) is 0.506. The van der Waals surface area contributed by atoms with Crippen LogP contribution in [0.5, 0.6) is 0 Å². The number of nitrogens with zero attached hydrogens (tertiary/aromatic N) is 1. The first-order valence-electron chi connectivity index (χ1n) is 10.3. The Morgan fingerprint density at radius 3 is 2.55 bits per heavy atom. The minimum atomic E-state index is -3.73. The number of carbonyl (C=O) groups is 2. The van der Waals surface area contributed by atoms with Crippen LogP contribution in [0.2, 0.25) is 5.02 Å². The standard InChI is InChI=1S/C23H22ClN3O5S/c24-21-6-2-1-4-16(21)14-27-15-17(12-22(27)28)23(29)26-18-7-9-20(10-8-18)33(30,31)25-13-19-5-3-11-32-19/h1-11,17,25H,12-15H2,(H,26,29)/t17-/m0/s1. The van der Waals surface area contributed by atoms with E-state index in [9.17, 15) is 18.0 Å². The molecule has 0 radical (unpaired) electrons. The van der Waals surface area contributed by atoms with Crippen molar-refractivity contribution in [3.05, 3.63) is 83.3 Å². The van der Waals surface area contributed by atoms with Crippen molar-refractivity contribution in [2.24, 2.45) is 5.92 Å². The molecule has 172 valence electrons. The Kier molecular flexibility index (Phi) is 6.83. The van der Waals surface area contributed by atoms with E-state index in [2.05, 4.69) is 10.0 Å². The fourth-order valence-electron chi connectivity index (χ4n) is 3.56. The third-order valence-electron chi connectivity index (χ3n) is 5.35. The second-order valence-corrected chi connectivity index (χ2v) is 9.86. The zero-order chi connectivity index (χ0) is 23.4. The highest BCUT2D eigenvalue weighted by Crippen LogP contribution is 2.25. The number of hydrogen-bond donors (Lipinski definition) is 2. The van der Waals surface area contributed by atoms with Gasteiger partial charge in [0.1, 0.15) is 5.76 Å². The normalized spacial score (nSPS) is 16.2. The molecule has 1 atom stereocenters. The monoisotopic (exact) mass is 487 g/mol. The molecule has 1 aliphatic rings. The van der Waals surface area contributed by atoms with Crippen molar-refractivity contribution >= 4 is 39.1 Å². The van der Waals surface area contributed by atoms with Crippen LogP contribution in [0.25, 0.3) is 0 Å². The SMILES string of the molecule is O=C(Nc1ccc(S(=O)(=O)NCc2ccco2)cc1)[C@H]1CC(=O)N(Cc2ccccc2Cl)C1. The highest BCUT2D eigenvalue weighted by atomic mass is 35.5. The smallest absolute Gasteiger partial charge is 0.240 e. The second kappa shape index (κ2) is 9.78. The lowest BCUT2D eigenvalue weighted by Crippen LogP contribution is -2.28. The van der Waals surface area contributed by atoms with Gasteiger partial charge < -0.3 is 14.6 Å². The van der Waals surface area contributed by atoms with Crippen molar-refractivity contribution in [3.63, 3.8) is 0 Å². The Balaban J connectivity index is 1.34. The van der Waals surface area contributed by atoms with E-state index in [0.29, 0.717) is 29.6 Å². The molecule has 2 amide bonds. The fourth-order valence-corrected chi connectivity index (χ4v) is 4.75. The Bertz CT molecular complexity index is 1240. The van der Waals surface area contributed by atoms with E-state index in [1.165, 1.54) is 30.5 Å². The minimum Gasteiger partial charge on any atom is -0.468 e. The molecule has 4 rings (SSSR count). The van der Waals surface area contributed by atoms with Gasteiger partial charge in [-0.2, -0.15) is 0 Å². The summed E-state index contributed by atoms with van der Waals surface area (Å²) < 4.78 is 32.4. The number of sulfonamides is 1. The third kappa shape index (κ3) is 5.62. The number of benzene rings is 2. The zero-order valence-electron chi connectivity index (χ0n) is 17.5. The maximum Gasteiger partial charge on any atom is 0.240 e. The summed E-state index contributed by atoms with van der Waals surface area (Å²) in [4.78, 5) is 26.7. The molecule has 2 aromatic carbocycles. The topological polar surface area (TPSA) is 109 Å². The van der Waals surface area contributed by atoms with Crippen LogP contribution in [-0.2, 0) is 32.7 Å². The maximum atomic E-state index is 12.7. The van der Waals surface area contributed by atoms with Crippen LogP contribution in [0.4, 0.5) is 5.69 Å². The van der Waals surface area contributed by atoms with Crippen LogP contribution < -0.4 is 10.0 Å². The van der Waals surface area contributed by atoms with Gasteiger partial charge in [0.25, 0.3) is 0 Å². The van der Waals surface area contributed by atoms with Gasteiger partial charge in [0.15, 0.2) is 0 Å². The molecule has 3 aromatic rings. The van der Waals surface area contributed by atoms with Crippen molar-refractivity contribution in [1.29, 1.82) is 0 Å². The first-order valence-corrected chi connectivity index (χ1v) is 12.1. The Hall–Kier alpha value is -3.14. The zero-order valence-corrected chi connectivity index (χ0v) is 19.1. The predicted octanol–water partition coefficient (Wildman–Crippen LogP) is 3.40. The number of hydrogen-bond acceptors (Lipinski definition) is 5. The average molecular weight is 488 g/mol. The molecular formula is C23H22ClN3O5S. The molecule has 0 unspecified atom stereocenters. The van der Waals surface area contributed by atoms with Crippen LogP contribution >= 0.6 is 11.6 Å². The summed E-state index contributed by atoms with van der Waals surface area (Å²) in [6.45, 7) is 0.674. The van der Waals surface area contributed by atoms with Gasteiger partial charge in [0.2, 0.25) is 21.8 Å². The first-order chi connectivity index (χ1) is 15.8. The van der Waals surface area contributed by atoms with E-state index in [-0.39, 0.29) is 29.7 Å². The van der Waals surface area contributed by atoms with Crippen LogP contribution in [0.15, 0.2) is 76.2 Å². The van der Waals surface area contributed by atoms with Gasteiger partial charge in [0.05, 0.1) is 23.6 Å². The lowest BCUT2D eigenvalue weighted by Gasteiger charge is -2.17. The summed E-state index contributed by atoms with van der Waals surface area (Å²) in [6, 6.07) is 16.5. The number of rotatable bonds is 8. The number of furan rings is 1. The average Bonchev–Trinajstić information content (AvgIpc) is 3.44. The van der Waals surface area contributed by atoms with Gasteiger partial charge in [0, 0.05) is 30.2 Å². The van der Waals surface area contributed by atoms with Gasteiger partial charge >= 0.3 is 0 Å². The number of halogens is 1. The van der Waals surface area contributed by atoms with E-state index in [1.807, 2.05) is 18.2 Å². The molecule has 1 aliphatic heterocycles. The van der Waals surface area contributed by atoms with Crippen molar-refractivity contribution in [1.82, 2.24) is 9.62 Å². The van der Waals surface area contributed by atoms with Gasteiger partial charge in [-0.05, 0) is 48.0 Å². The highest BCUT2D eigenvalue weighted by Gasteiger charge is 2.34. The molecule has 0 aliphatic carbocycles. The largest absolute Gasteiger partial charge is 0.468 e. The van der Waals surface area contributed by atoms with Gasteiger partial charge in [-0.1, -0.05) is 29.8 Å². The number of nitrogens with one attached hydrogen (secondary N) is 2. The fraction of sp³-hybridized carbons (Fsp3) is 0.217. The van der Waals surface area contributed by atoms with E-state index in [4.69, 9.17) is 16.0 Å². The molecule has 2 heterocycles. The Morgan fingerprint density at radius 1 is 1.09 bits per heavy atom. The van der Waals surface area contributed by atoms with Gasteiger partial charge in [-0.25, -0.2) is 13.1 Å². The number of carbonyl (C=O) groups excluding carboxylic acids is 2. The predicted molar refractivity (Wildman–Crippen MR) is 123 cm³/mol. The lowest BCUT2D eigenvalue weighted by atomic mass is 10.1. The van der Waals surface area contributed by atoms with E-state index in [1.54, 1.807) is 23.1 Å². The van der Waals surface area contributed by atoms with Gasteiger partial charge in [-0.3, -0.25) is 9.59 Å². The summed E-state index contributed by atoms with van der Waals surface area (Å²) in [6.07, 6.45) is 1.58. The molecule has 8 nitrogen and oxygen atoms in total. The van der Waals surface area contributed by atoms with Crippen molar-refractivity contribution in [2.45, 2.75) is 24.4 Å². The van der Waals surface area contributed by atoms with Crippen LogP contribution in [0, 0.1) is 5.92 Å². The summed E-state index contributed by atoms with van der Waals surface area (Å²) >= 11 is 6.18. The molecule has 1 aromatic heterocycles. The minimum absolute atomic E-state index is 0.0359. The molecule has 1 saturated heterocycles. The molecule has 1 fully saturated rings. The van der Waals surface area contributed by atoms with Gasteiger partial charge in [-0.15, -0.1) is 0 Å². The van der Waals surface area contributed by atoms with Crippen LogP contribution in [-0.4, -0.2) is 31.7 Å². The van der Waals surface area contributed by atoms with Crippen molar-refractivity contribution < 1.29 is 22.4 Å². The Morgan fingerprint density at radius 2 is 1.85 bits per heavy atom. The summed E-state index contributed by atoms with van der Waals surface area (Å²) in [5, 5.41) is 3.33. The van der Waals surface area contributed by atoms with Crippen molar-refractivity contribution in [3.8, 4) is 0 Å². The second-order valence-electron chi connectivity index (χ2n) is 7.68. The summed E-state index contributed by atoms with van der Waals surface area (Å²) in [7, 11) is -3.73. The van der Waals surface area contributed by atoms with Crippen molar-refractivity contribution in [2.75, 3.05) is 11.9 Å². The molecule has 10 heteroatoms. The van der Waals surface area contributed by atoms with E-state index < -0.39 is 15.9 Å². The highest BCUT2D eigenvalue weighted by molar-refractivity contribution is 7.89. The molecule has 2 N–H and O–H groups in total. The first kappa shape index (κ1) is 23.0. The molecule has 0 spiro atoms. The molecule has 33 heavy (non-hydrogen) atoms. The maximum absolute atomic E-state index is 12.7. The van der Waals surface area contributed by atoms with Crippen LogP contribution in [0.3, 0.4) is 0 Å². The number of amides is 2. The molecule has 0 saturated carbocycles. The molecule has 0 bridgehead atoms. The van der Waals surface area contributed by atoms with E-state index in [0.717, 1.165) is 5.56 Å². The molecular weight excluding hydrogens is 466 g/mol. The van der Waals surface area contributed by atoms with Crippen LogP contribution in [0.1, 0.15) is 17.7 Å². The summed E-state index contributed by atoms with van der Waals surface area (Å²) in [5.74, 6) is -0.411. The lowest BCUT2D eigenvalue weighted by molar-refractivity contribution is -0.128. The third-order valence-corrected chi connectivity index (χ3v) is 7.14. The number of anilines is 1. The van der Waals surface area contributed by atoms with E-state index >= 15 is 0 Å². The summed E-state index contributed by atoms with van der Waals surface area (Å²) in [5.41, 5.74) is 1.27. The number of likely N-dealkylation sites (tertiary alicyclic amines) is 1.